The maximum absolute atomic E-state index is 9.31. The van der Waals surface area contributed by atoms with Crippen LogP contribution in [0.3, 0.4) is 0 Å². The molecular formula is C9H12CaGaNOTi. The van der Waals surface area contributed by atoms with Gasteiger partial charge in [0.15, 0.2) is 0 Å². The molecule has 0 aliphatic heterocycles. The van der Waals surface area contributed by atoms with Gasteiger partial charge in [-0.3, -0.25) is 4.98 Å². The van der Waals surface area contributed by atoms with Gasteiger partial charge in [0.1, 0.15) is 11.3 Å². The molecule has 14 heavy (non-hydrogen) atoms. The fourth-order valence-corrected chi connectivity index (χ4v) is 1.09. The minimum atomic E-state index is 0. The molecular weight excluding hydrogens is 296 g/mol. The molecule has 5 heteroatoms. The number of hydrogen-bond acceptors (Lipinski definition) is 2. The Morgan fingerprint density at radius 3 is 2.36 bits per heavy atom. The Morgan fingerprint density at radius 2 is 1.71 bits per heavy atom. The SMILES string of the molecule is Oc1cccc2cccnc12.[CaH2].[GaH3].[Ti]. The molecule has 1 aromatic carbocycles. The Bertz CT molecular complexity index is 394. The van der Waals surface area contributed by atoms with E-state index in [-0.39, 0.29) is 85.0 Å². The predicted octanol–water partition coefficient (Wildman–Crippen LogP) is -0.162. The molecule has 1 heterocycles. The second-order valence-electron chi connectivity index (χ2n) is 2.35. The molecule has 0 spiro atoms. The van der Waals surface area contributed by atoms with E-state index in [1.165, 1.54) is 0 Å². The van der Waals surface area contributed by atoms with Crippen molar-refractivity contribution in [3.8, 4) is 5.75 Å². The number of phenolic OH excluding ortho intramolecular Hbond substituents is 1. The van der Waals surface area contributed by atoms with Crippen LogP contribution in [0.4, 0.5) is 0 Å². The molecule has 0 atom stereocenters. The second kappa shape index (κ2) is 8.22. The van der Waals surface area contributed by atoms with E-state index in [0.29, 0.717) is 5.52 Å². The van der Waals surface area contributed by atoms with Gasteiger partial charge in [0.25, 0.3) is 0 Å². The number of rotatable bonds is 0. The van der Waals surface area contributed by atoms with Crippen molar-refractivity contribution < 1.29 is 26.8 Å². The summed E-state index contributed by atoms with van der Waals surface area (Å²) < 4.78 is 0. The first-order chi connectivity index (χ1) is 5.38. The van der Waals surface area contributed by atoms with Crippen molar-refractivity contribution in [2.24, 2.45) is 0 Å². The molecule has 0 bridgehead atoms. The molecule has 2 nitrogen and oxygen atoms in total. The van der Waals surface area contributed by atoms with Gasteiger partial charge in [-0.1, -0.05) is 18.2 Å². The van der Waals surface area contributed by atoms with Crippen LogP contribution in [0.1, 0.15) is 0 Å². The zero-order valence-corrected chi connectivity index (χ0v) is 7.92. The number of aromatic hydroxyl groups is 1. The molecule has 0 aliphatic carbocycles. The average molecular weight is 308 g/mol. The number of nitrogens with zero attached hydrogens (tertiary/aromatic N) is 1. The molecule has 1 N–H and O–H groups in total. The summed E-state index contributed by atoms with van der Waals surface area (Å²) in [4.78, 5) is 4.03. The van der Waals surface area contributed by atoms with Crippen LogP contribution in [0.15, 0.2) is 36.5 Å². The van der Waals surface area contributed by atoms with Gasteiger partial charge in [-0.05, 0) is 12.1 Å². The third-order valence-electron chi connectivity index (χ3n) is 1.61. The number of benzene rings is 1. The topological polar surface area (TPSA) is 33.1 Å². The van der Waals surface area contributed by atoms with Gasteiger partial charge in [-0.25, -0.2) is 0 Å². The molecule has 0 saturated carbocycles. The van der Waals surface area contributed by atoms with Gasteiger partial charge in [0.2, 0.25) is 0 Å². The molecule has 0 amide bonds. The van der Waals surface area contributed by atoms with E-state index in [2.05, 4.69) is 4.98 Å². The smallest absolute Gasteiger partial charge is 0 e. The van der Waals surface area contributed by atoms with Gasteiger partial charge in [-0.15, -0.1) is 0 Å². The predicted molar refractivity (Wildman–Crippen MR) is 61.9 cm³/mol. The van der Waals surface area contributed by atoms with E-state index in [1.54, 1.807) is 18.3 Å². The van der Waals surface area contributed by atoms with E-state index in [1.807, 2.05) is 18.2 Å². The van der Waals surface area contributed by atoms with E-state index < -0.39 is 0 Å². The standard InChI is InChI=1S/C9H7NO.Ca.Ga.Ti.5H/c11-8-5-1-3-7-4-2-6-10-9(7)8;;;;;;;;/h1-6,11H;;;;;;;;. The Balaban J connectivity index is 0. The first-order valence-corrected chi connectivity index (χ1v) is 3.40. The van der Waals surface area contributed by atoms with Crippen LogP contribution in [0.2, 0.25) is 0 Å². The van der Waals surface area contributed by atoms with Crippen molar-refractivity contribution in [3.05, 3.63) is 36.5 Å². The van der Waals surface area contributed by atoms with E-state index in [0.717, 1.165) is 5.39 Å². The van der Waals surface area contributed by atoms with Crippen LogP contribution in [-0.4, -0.2) is 67.6 Å². The molecule has 0 saturated heterocycles. The zero-order chi connectivity index (χ0) is 7.68. The Morgan fingerprint density at radius 1 is 1.07 bits per heavy atom. The van der Waals surface area contributed by atoms with E-state index in [4.69, 9.17) is 0 Å². The number of pyridine rings is 1. The molecule has 0 radical (unpaired) electrons. The molecule has 1 aromatic heterocycles. The monoisotopic (exact) mass is 307 g/mol. The summed E-state index contributed by atoms with van der Waals surface area (Å²) in [6, 6.07) is 9.13. The Kier molecular flexibility index (Phi) is 10.2. The minimum absolute atomic E-state index is 0. The van der Waals surface area contributed by atoms with Gasteiger partial charge >= 0.3 is 57.5 Å². The third kappa shape index (κ3) is 3.89. The molecule has 2 rings (SSSR count). The number of para-hydroxylation sites is 1. The van der Waals surface area contributed by atoms with Gasteiger partial charge in [0.05, 0.1) is 0 Å². The molecule has 0 aliphatic rings. The largest absolute Gasteiger partial charge is 0 e. The first-order valence-electron chi connectivity index (χ1n) is 3.40. The molecule has 0 unspecified atom stereocenters. The number of hydrogen-bond donors (Lipinski definition) is 1. The normalized spacial score (nSPS) is 8.00. The summed E-state index contributed by atoms with van der Waals surface area (Å²) in [6.07, 6.45) is 1.67. The summed E-state index contributed by atoms with van der Waals surface area (Å²) in [7, 11) is 0. The van der Waals surface area contributed by atoms with E-state index >= 15 is 0 Å². The number of fused-ring (bicyclic) bond motifs is 1. The average Bonchev–Trinajstić information content (AvgIpc) is 2.06. The van der Waals surface area contributed by atoms with Crippen LogP contribution >= 0.6 is 0 Å². The maximum atomic E-state index is 9.31. The summed E-state index contributed by atoms with van der Waals surface area (Å²) in [5.41, 5.74) is 0.662. The van der Waals surface area contributed by atoms with Crippen molar-refractivity contribution in [3.63, 3.8) is 0 Å². The molecule has 2 aromatic rings. The number of aromatic nitrogens is 1. The van der Waals surface area contributed by atoms with Crippen molar-refractivity contribution in [2.45, 2.75) is 0 Å². The molecule has 68 valence electrons. The van der Waals surface area contributed by atoms with Crippen molar-refractivity contribution in [1.29, 1.82) is 0 Å². The summed E-state index contributed by atoms with van der Waals surface area (Å²) in [5.74, 6) is 0.239. The fraction of sp³-hybridized carbons (Fsp3) is 0. The van der Waals surface area contributed by atoms with Gasteiger partial charge in [-0.2, -0.15) is 0 Å². The summed E-state index contributed by atoms with van der Waals surface area (Å²) in [6.45, 7) is 0. The third-order valence-corrected chi connectivity index (χ3v) is 1.61. The molecule has 0 fully saturated rings. The van der Waals surface area contributed by atoms with Crippen LogP contribution < -0.4 is 0 Å². The maximum Gasteiger partial charge on any atom is 0 e. The van der Waals surface area contributed by atoms with Crippen LogP contribution in [0.5, 0.6) is 5.75 Å². The van der Waals surface area contributed by atoms with Crippen LogP contribution in [0, 0.1) is 0 Å². The van der Waals surface area contributed by atoms with Crippen LogP contribution in [-0.2, 0) is 21.7 Å². The quantitative estimate of drug-likeness (QED) is 0.686. The van der Waals surface area contributed by atoms with Crippen molar-refractivity contribution in [2.75, 3.05) is 0 Å². The first kappa shape index (κ1) is 17.4. The summed E-state index contributed by atoms with van der Waals surface area (Å²) in [5, 5.41) is 10.3. The van der Waals surface area contributed by atoms with E-state index in [9.17, 15) is 5.11 Å². The fourth-order valence-electron chi connectivity index (χ4n) is 1.09. The Labute approximate surface area is 140 Å². The minimum Gasteiger partial charge on any atom is 0 e. The van der Waals surface area contributed by atoms with Crippen molar-refractivity contribution in [1.82, 2.24) is 4.98 Å². The summed E-state index contributed by atoms with van der Waals surface area (Å²) >= 11 is 0. The zero-order valence-electron chi connectivity index (χ0n) is 6.36. The Hall–Kier alpha value is 1.04. The number of phenols is 1. The van der Waals surface area contributed by atoms with Gasteiger partial charge < -0.3 is 5.11 Å². The van der Waals surface area contributed by atoms with Crippen LogP contribution in [0.25, 0.3) is 10.9 Å². The van der Waals surface area contributed by atoms with Gasteiger partial charge in [0, 0.05) is 33.3 Å². The van der Waals surface area contributed by atoms with Crippen molar-refractivity contribution >= 4 is 68.4 Å². The second-order valence-corrected chi connectivity index (χ2v) is 2.35.